The maximum absolute atomic E-state index is 11.4. The first-order valence-electron chi connectivity index (χ1n) is 7.98. The molecule has 7 nitrogen and oxygen atoms in total. The largest absolute Gasteiger partial charge is 0.352 e. The summed E-state index contributed by atoms with van der Waals surface area (Å²) in [4.78, 5) is 17.5. The number of benzene rings is 1. The summed E-state index contributed by atoms with van der Waals surface area (Å²) in [5, 5.41) is 15.2. The van der Waals surface area contributed by atoms with Crippen LogP contribution in [0.5, 0.6) is 0 Å². The molecule has 3 heterocycles. The van der Waals surface area contributed by atoms with Crippen molar-refractivity contribution < 1.29 is 9.45 Å². The number of nitro groups is 1. The van der Waals surface area contributed by atoms with E-state index in [1.165, 1.54) is 0 Å². The van der Waals surface area contributed by atoms with E-state index in [1.807, 2.05) is 48.5 Å². The van der Waals surface area contributed by atoms with Crippen molar-refractivity contribution >= 4 is 5.69 Å². The number of hydrogen-bond donors (Lipinski definition) is 0. The number of hydrogen-bond acceptors (Lipinski definition) is 6. The quantitative estimate of drug-likeness (QED) is 0.402. The normalized spacial score (nSPS) is 21.9. The van der Waals surface area contributed by atoms with Crippen LogP contribution in [0.2, 0.25) is 0 Å². The van der Waals surface area contributed by atoms with Gasteiger partial charge in [-0.1, -0.05) is 41.6 Å². The molecule has 0 aliphatic carbocycles. The summed E-state index contributed by atoms with van der Waals surface area (Å²) in [6.45, 7) is 2.24. The summed E-state index contributed by atoms with van der Waals surface area (Å²) in [7, 11) is 0. The third-order valence-corrected chi connectivity index (χ3v) is 4.43. The Morgan fingerprint density at radius 1 is 1.16 bits per heavy atom. The fourth-order valence-corrected chi connectivity index (χ4v) is 3.24. The average molecular weight is 336 g/mol. The minimum Gasteiger partial charge on any atom is -0.352 e. The van der Waals surface area contributed by atoms with Crippen LogP contribution in [-0.4, -0.2) is 20.0 Å². The molecule has 25 heavy (non-hydrogen) atoms. The molecule has 0 bridgehead atoms. The molecule has 0 radical (unpaired) electrons. The van der Waals surface area contributed by atoms with Crippen LogP contribution in [0.4, 0.5) is 5.69 Å². The number of nitrogens with zero attached hydrogens (tertiary/aromatic N) is 4. The highest BCUT2D eigenvalue weighted by Gasteiger charge is 2.55. The molecule has 0 saturated carbocycles. The van der Waals surface area contributed by atoms with Crippen molar-refractivity contribution in [1.82, 2.24) is 15.0 Å². The first-order valence-corrected chi connectivity index (χ1v) is 7.98. The second-order valence-electron chi connectivity index (χ2n) is 6.04. The minimum atomic E-state index is -0.421. The third-order valence-electron chi connectivity index (χ3n) is 4.43. The summed E-state index contributed by atoms with van der Waals surface area (Å²) in [5.41, 5.74) is 2.25. The summed E-state index contributed by atoms with van der Waals surface area (Å²) in [5.74, 6) is 0.300. The van der Waals surface area contributed by atoms with Gasteiger partial charge in [-0.3, -0.25) is 20.0 Å². The molecular weight excluding hydrogens is 320 g/mol. The summed E-state index contributed by atoms with van der Waals surface area (Å²) < 4.78 is 5.34. The van der Waals surface area contributed by atoms with Crippen molar-refractivity contribution in [3.8, 4) is 0 Å². The third kappa shape index (κ3) is 2.78. The van der Waals surface area contributed by atoms with Gasteiger partial charge in [-0.05, 0) is 24.6 Å². The van der Waals surface area contributed by atoms with E-state index in [0.29, 0.717) is 18.0 Å². The van der Waals surface area contributed by atoms with Crippen LogP contribution in [0.3, 0.4) is 0 Å². The molecule has 0 amide bonds. The molecule has 0 N–H and O–H groups in total. The van der Waals surface area contributed by atoms with Gasteiger partial charge >= 0.3 is 5.69 Å². The average Bonchev–Trinajstić information content (AvgIpc) is 3.19. The van der Waals surface area contributed by atoms with Crippen molar-refractivity contribution in [2.24, 2.45) is 0 Å². The molecule has 7 heteroatoms. The van der Waals surface area contributed by atoms with Crippen LogP contribution in [0.25, 0.3) is 0 Å². The molecule has 2 aromatic heterocycles. The lowest BCUT2D eigenvalue weighted by atomic mass is 10.1. The molecule has 126 valence electrons. The zero-order valence-electron chi connectivity index (χ0n) is 13.6. The molecule has 3 atom stereocenters. The van der Waals surface area contributed by atoms with Crippen LogP contribution in [-0.2, 0) is 6.54 Å². The second-order valence-corrected chi connectivity index (χ2v) is 6.04. The van der Waals surface area contributed by atoms with Gasteiger partial charge in [0, 0.05) is 12.7 Å². The Morgan fingerprint density at radius 3 is 2.60 bits per heavy atom. The zero-order valence-corrected chi connectivity index (χ0v) is 13.6. The molecule has 1 fully saturated rings. The van der Waals surface area contributed by atoms with Crippen molar-refractivity contribution in [1.29, 1.82) is 0 Å². The molecular formula is C18H16N4O3. The predicted octanol–water partition coefficient (Wildman–Crippen LogP) is 3.58. The zero-order chi connectivity index (χ0) is 17.4. The Bertz CT molecular complexity index is 895. The maximum atomic E-state index is 11.4. The fourth-order valence-electron chi connectivity index (χ4n) is 3.24. The fraction of sp³-hybridized carbons (Fsp3) is 0.222. The van der Waals surface area contributed by atoms with E-state index < -0.39 is 4.92 Å². The Labute approximate surface area is 144 Å². The van der Waals surface area contributed by atoms with Gasteiger partial charge in [0.2, 0.25) is 5.76 Å². The summed E-state index contributed by atoms with van der Waals surface area (Å²) in [6, 6.07) is 15.4. The number of pyridine rings is 1. The second kappa shape index (κ2) is 6.10. The first kappa shape index (κ1) is 15.5. The van der Waals surface area contributed by atoms with Crippen molar-refractivity contribution in [3.63, 3.8) is 0 Å². The van der Waals surface area contributed by atoms with E-state index in [1.54, 1.807) is 13.1 Å². The molecule has 1 saturated heterocycles. The van der Waals surface area contributed by atoms with E-state index in [-0.39, 0.29) is 17.8 Å². The van der Waals surface area contributed by atoms with Gasteiger partial charge in [0.05, 0.1) is 16.7 Å². The van der Waals surface area contributed by atoms with Gasteiger partial charge in [0.1, 0.15) is 6.04 Å². The van der Waals surface area contributed by atoms with Crippen molar-refractivity contribution in [2.45, 2.75) is 25.6 Å². The SMILES string of the molecule is Cc1noc([C@@H]2[C@H](c3ccccn3)N2Cc2ccccc2)c1[N+](=O)[O-]. The van der Waals surface area contributed by atoms with Gasteiger partial charge in [-0.2, -0.15) is 0 Å². The standard InChI is InChI=1S/C18H16N4O3/c1-12-15(22(23)24)18(25-20-12)17-16(14-9-5-6-10-19-14)21(17)11-13-7-3-2-4-8-13/h2-10,16-17H,11H2,1H3/t16-,17-,21?/m0/s1. The molecule has 1 aromatic carbocycles. The van der Waals surface area contributed by atoms with Crippen LogP contribution in [0, 0.1) is 17.0 Å². The van der Waals surface area contributed by atoms with E-state index in [0.717, 1.165) is 11.3 Å². The van der Waals surface area contributed by atoms with E-state index in [4.69, 9.17) is 4.52 Å². The van der Waals surface area contributed by atoms with E-state index >= 15 is 0 Å². The Morgan fingerprint density at radius 2 is 1.92 bits per heavy atom. The Balaban J connectivity index is 1.70. The molecule has 1 unspecified atom stereocenters. The van der Waals surface area contributed by atoms with Gasteiger partial charge < -0.3 is 4.52 Å². The van der Waals surface area contributed by atoms with Crippen molar-refractivity contribution in [3.05, 3.63) is 87.6 Å². The molecule has 0 spiro atoms. The molecule has 4 rings (SSSR count). The van der Waals surface area contributed by atoms with Gasteiger partial charge in [0.25, 0.3) is 0 Å². The molecule has 3 aromatic rings. The summed E-state index contributed by atoms with van der Waals surface area (Å²) >= 11 is 0. The Kier molecular flexibility index (Phi) is 3.77. The van der Waals surface area contributed by atoms with Crippen LogP contribution < -0.4 is 0 Å². The van der Waals surface area contributed by atoms with Crippen LogP contribution >= 0.6 is 0 Å². The topological polar surface area (TPSA) is 85.1 Å². The minimum absolute atomic E-state index is 0.0403. The summed E-state index contributed by atoms with van der Waals surface area (Å²) in [6.07, 6.45) is 1.73. The van der Waals surface area contributed by atoms with E-state index in [2.05, 4.69) is 15.0 Å². The highest BCUT2D eigenvalue weighted by atomic mass is 16.6. The lowest BCUT2D eigenvalue weighted by Crippen LogP contribution is -2.01. The smallest absolute Gasteiger partial charge is 0.336 e. The predicted molar refractivity (Wildman–Crippen MR) is 89.6 cm³/mol. The van der Waals surface area contributed by atoms with Crippen LogP contribution in [0.15, 0.2) is 59.3 Å². The maximum Gasteiger partial charge on any atom is 0.336 e. The lowest BCUT2D eigenvalue weighted by Gasteiger charge is -2.03. The number of aromatic nitrogens is 2. The Hall–Kier alpha value is -3.06. The van der Waals surface area contributed by atoms with Gasteiger partial charge in [-0.25, -0.2) is 0 Å². The number of aryl methyl sites for hydroxylation is 1. The highest BCUT2D eigenvalue weighted by molar-refractivity contribution is 5.44. The van der Waals surface area contributed by atoms with E-state index in [9.17, 15) is 10.1 Å². The van der Waals surface area contributed by atoms with Gasteiger partial charge in [-0.15, -0.1) is 0 Å². The molecule has 1 aliphatic rings. The lowest BCUT2D eigenvalue weighted by molar-refractivity contribution is -0.386. The van der Waals surface area contributed by atoms with Gasteiger partial charge in [0.15, 0.2) is 5.69 Å². The highest BCUT2D eigenvalue weighted by Crippen LogP contribution is 2.57. The molecule has 1 aliphatic heterocycles. The van der Waals surface area contributed by atoms with Crippen LogP contribution in [0.1, 0.15) is 34.8 Å². The first-order chi connectivity index (χ1) is 12.2. The monoisotopic (exact) mass is 336 g/mol. The van der Waals surface area contributed by atoms with Crippen molar-refractivity contribution in [2.75, 3.05) is 0 Å². The number of rotatable bonds is 5.